The largest absolute Gasteiger partial charge is 0.310 e. The van der Waals surface area contributed by atoms with Crippen LogP contribution in [0.3, 0.4) is 0 Å². The monoisotopic (exact) mass is 817 g/mol. The van der Waals surface area contributed by atoms with Crippen LogP contribution in [0.2, 0.25) is 0 Å². The summed E-state index contributed by atoms with van der Waals surface area (Å²) in [5, 5.41) is 5.03. The van der Waals surface area contributed by atoms with E-state index in [1.54, 1.807) is 11.1 Å². The Kier molecular flexibility index (Phi) is 8.59. The molecule has 0 aromatic heterocycles. The second kappa shape index (κ2) is 14.8. The highest BCUT2D eigenvalue weighted by Crippen LogP contribution is 2.66. The van der Waals surface area contributed by atoms with E-state index in [-0.39, 0.29) is 5.41 Å². The lowest BCUT2D eigenvalue weighted by molar-refractivity contribution is 0.327. The van der Waals surface area contributed by atoms with Gasteiger partial charge >= 0.3 is 0 Å². The van der Waals surface area contributed by atoms with Gasteiger partial charge in [-0.25, -0.2) is 0 Å². The lowest BCUT2D eigenvalue weighted by atomic mass is 9.66. The minimum absolute atomic E-state index is 0.131. The van der Waals surface area contributed by atoms with E-state index in [4.69, 9.17) is 0 Å². The standard InChI is InChI=1S/C63H47N/c1-3-12-43(13-4-1)44-23-25-45(26-24-44)46-29-32-51(33-30-46)64(52-34-36-55-49(39-52)28-27-48-16-7-8-17-54(48)55)53-35-37-56(59(40-53)47-14-5-2-6-15-47)57-19-11-21-61-62(57)58-18-9-10-20-60(58)63(61)41-42-22-31-50(63)38-42/h1-21,23-30,32-37,39-40,42,50H,22,31,38,41H2. The molecule has 0 aliphatic heterocycles. The summed E-state index contributed by atoms with van der Waals surface area (Å²) in [6, 6.07) is 83.7. The van der Waals surface area contributed by atoms with E-state index >= 15 is 0 Å². The van der Waals surface area contributed by atoms with Gasteiger partial charge in [-0.3, -0.25) is 0 Å². The minimum Gasteiger partial charge on any atom is -0.310 e. The van der Waals surface area contributed by atoms with E-state index in [1.165, 1.54) is 103 Å². The molecule has 3 aliphatic carbocycles. The Bertz CT molecular complexity index is 3380. The molecule has 1 spiro atoms. The second-order valence-electron chi connectivity index (χ2n) is 18.4. The highest BCUT2D eigenvalue weighted by molar-refractivity contribution is 6.09. The first-order chi connectivity index (χ1) is 31.7. The van der Waals surface area contributed by atoms with Crippen molar-refractivity contribution in [2.75, 3.05) is 4.90 Å². The molecule has 0 radical (unpaired) electrons. The molecule has 0 amide bonds. The van der Waals surface area contributed by atoms with Gasteiger partial charge < -0.3 is 4.90 Å². The number of rotatable bonds is 7. The molecule has 10 aromatic carbocycles. The molecule has 1 nitrogen and oxygen atoms in total. The molecule has 2 bridgehead atoms. The first-order valence-electron chi connectivity index (χ1n) is 23.1. The third-order valence-electron chi connectivity index (χ3n) is 15.1. The summed E-state index contributed by atoms with van der Waals surface area (Å²) in [7, 11) is 0. The van der Waals surface area contributed by atoms with Gasteiger partial charge in [0.25, 0.3) is 0 Å². The van der Waals surface area contributed by atoms with E-state index < -0.39 is 0 Å². The highest BCUT2D eigenvalue weighted by Gasteiger charge is 2.57. The molecular weight excluding hydrogens is 771 g/mol. The zero-order valence-corrected chi connectivity index (χ0v) is 35.8. The molecule has 2 saturated carbocycles. The van der Waals surface area contributed by atoms with Crippen molar-refractivity contribution in [3.63, 3.8) is 0 Å². The third-order valence-corrected chi connectivity index (χ3v) is 15.1. The summed E-state index contributed by atoms with van der Waals surface area (Å²) in [5.41, 5.74) is 19.4. The molecular formula is C63H47N. The van der Waals surface area contributed by atoms with Crippen LogP contribution in [-0.4, -0.2) is 0 Å². The predicted octanol–water partition coefficient (Wildman–Crippen LogP) is 17.2. The Hall–Kier alpha value is -7.48. The number of benzene rings is 10. The maximum absolute atomic E-state index is 2.47. The van der Waals surface area contributed by atoms with Crippen LogP contribution >= 0.6 is 0 Å². The summed E-state index contributed by atoms with van der Waals surface area (Å²) in [6.45, 7) is 0. The van der Waals surface area contributed by atoms with Crippen molar-refractivity contribution in [2.24, 2.45) is 11.8 Å². The van der Waals surface area contributed by atoms with Crippen LogP contribution < -0.4 is 4.90 Å². The van der Waals surface area contributed by atoms with E-state index in [1.807, 2.05) is 0 Å². The fourth-order valence-corrected chi connectivity index (χ4v) is 12.3. The fourth-order valence-electron chi connectivity index (χ4n) is 12.3. The van der Waals surface area contributed by atoms with E-state index in [0.717, 1.165) is 28.9 Å². The van der Waals surface area contributed by atoms with Crippen molar-refractivity contribution in [3.8, 4) is 55.6 Å². The van der Waals surface area contributed by atoms with Crippen molar-refractivity contribution in [2.45, 2.75) is 31.1 Å². The van der Waals surface area contributed by atoms with Gasteiger partial charge in [-0.05, 0) is 156 Å². The van der Waals surface area contributed by atoms with E-state index in [9.17, 15) is 0 Å². The molecule has 3 aliphatic rings. The van der Waals surface area contributed by atoms with Gasteiger partial charge in [0.2, 0.25) is 0 Å². The van der Waals surface area contributed by atoms with Gasteiger partial charge in [0.05, 0.1) is 0 Å². The van der Waals surface area contributed by atoms with E-state index in [2.05, 4.69) is 229 Å². The number of anilines is 3. The van der Waals surface area contributed by atoms with Gasteiger partial charge in [0, 0.05) is 22.5 Å². The molecule has 0 heterocycles. The van der Waals surface area contributed by atoms with Crippen molar-refractivity contribution >= 4 is 38.6 Å². The Balaban J connectivity index is 0.971. The van der Waals surface area contributed by atoms with E-state index in [0.29, 0.717) is 0 Å². The van der Waals surface area contributed by atoms with Crippen molar-refractivity contribution < 1.29 is 0 Å². The maximum Gasteiger partial charge on any atom is 0.0468 e. The first-order valence-corrected chi connectivity index (χ1v) is 23.1. The number of hydrogen-bond acceptors (Lipinski definition) is 1. The molecule has 304 valence electrons. The van der Waals surface area contributed by atoms with Gasteiger partial charge in [-0.15, -0.1) is 0 Å². The smallest absolute Gasteiger partial charge is 0.0468 e. The van der Waals surface area contributed by atoms with Crippen LogP contribution in [0.25, 0.3) is 77.2 Å². The zero-order chi connectivity index (χ0) is 42.2. The molecule has 0 N–H and O–H groups in total. The summed E-state index contributed by atoms with van der Waals surface area (Å²) >= 11 is 0. The normalized spacial score (nSPS) is 18.1. The van der Waals surface area contributed by atoms with Crippen LogP contribution in [-0.2, 0) is 5.41 Å². The molecule has 13 rings (SSSR count). The SMILES string of the molecule is c1ccc(-c2ccc(-c3ccc(N(c4ccc(-c5cccc6c5-c5ccccc5C65CC6CCC5C6)c(-c5ccccc5)c4)c4ccc5c(ccc6ccccc65)c4)cc3)cc2)cc1. The molecule has 10 aromatic rings. The maximum atomic E-state index is 2.47. The van der Waals surface area contributed by atoms with Crippen LogP contribution in [0.1, 0.15) is 36.8 Å². The average molecular weight is 818 g/mol. The van der Waals surface area contributed by atoms with Gasteiger partial charge in [-0.1, -0.05) is 194 Å². The molecule has 2 fully saturated rings. The number of hydrogen-bond donors (Lipinski definition) is 0. The molecule has 0 saturated heterocycles. The van der Waals surface area contributed by atoms with Crippen LogP contribution in [0.4, 0.5) is 17.1 Å². The molecule has 1 heteroatoms. The summed E-state index contributed by atoms with van der Waals surface area (Å²) in [4.78, 5) is 2.45. The summed E-state index contributed by atoms with van der Waals surface area (Å²) in [6.07, 6.45) is 5.38. The van der Waals surface area contributed by atoms with Crippen LogP contribution in [0, 0.1) is 11.8 Å². The second-order valence-corrected chi connectivity index (χ2v) is 18.4. The minimum atomic E-state index is 0.131. The van der Waals surface area contributed by atoms with Crippen molar-refractivity contribution in [1.82, 2.24) is 0 Å². The fraction of sp³-hybridized carbons (Fsp3) is 0.111. The summed E-state index contributed by atoms with van der Waals surface area (Å²) < 4.78 is 0. The topological polar surface area (TPSA) is 3.24 Å². The van der Waals surface area contributed by atoms with Crippen molar-refractivity contribution in [1.29, 1.82) is 0 Å². The van der Waals surface area contributed by atoms with Crippen LogP contribution in [0.5, 0.6) is 0 Å². The molecule has 3 unspecified atom stereocenters. The van der Waals surface area contributed by atoms with Gasteiger partial charge in [0.1, 0.15) is 0 Å². The Morgan fingerprint density at radius 2 is 0.938 bits per heavy atom. The Morgan fingerprint density at radius 3 is 1.69 bits per heavy atom. The number of nitrogens with zero attached hydrogens (tertiary/aromatic N) is 1. The Labute approximate surface area is 375 Å². The number of fused-ring (bicyclic) bond motifs is 11. The first kappa shape index (κ1) is 37.1. The quantitative estimate of drug-likeness (QED) is 0.145. The zero-order valence-electron chi connectivity index (χ0n) is 35.8. The highest BCUT2D eigenvalue weighted by atomic mass is 15.1. The van der Waals surface area contributed by atoms with Crippen LogP contribution in [0.15, 0.2) is 224 Å². The summed E-state index contributed by atoms with van der Waals surface area (Å²) in [5.74, 6) is 1.56. The third kappa shape index (κ3) is 5.84. The van der Waals surface area contributed by atoms with Crippen molar-refractivity contribution in [3.05, 3.63) is 236 Å². The van der Waals surface area contributed by atoms with Gasteiger partial charge in [-0.2, -0.15) is 0 Å². The molecule has 64 heavy (non-hydrogen) atoms. The van der Waals surface area contributed by atoms with Gasteiger partial charge in [0.15, 0.2) is 0 Å². The lowest BCUT2D eigenvalue weighted by Gasteiger charge is -2.36. The molecule has 3 atom stereocenters. The average Bonchev–Trinajstić information content (AvgIpc) is 4.07. The Morgan fingerprint density at radius 1 is 0.359 bits per heavy atom. The lowest BCUT2D eigenvalue weighted by Crippen LogP contribution is -2.31. The predicted molar refractivity (Wildman–Crippen MR) is 270 cm³/mol.